The van der Waals surface area contributed by atoms with Crippen LogP contribution in [-0.4, -0.2) is 6.04 Å². The van der Waals surface area contributed by atoms with E-state index in [0.717, 1.165) is 11.8 Å². The van der Waals surface area contributed by atoms with E-state index >= 15 is 0 Å². The van der Waals surface area contributed by atoms with E-state index in [-0.39, 0.29) is 0 Å². The van der Waals surface area contributed by atoms with Crippen molar-refractivity contribution in [1.29, 1.82) is 0 Å². The SMILES string of the molecule is NC1C2CC3CCC12CC3. The summed E-state index contributed by atoms with van der Waals surface area (Å²) in [6.07, 6.45) is 7.38. The van der Waals surface area contributed by atoms with Gasteiger partial charge >= 0.3 is 0 Å². The zero-order chi connectivity index (χ0) is 6.77. The Morgan fingerprint density at radius 2 is 1.90 bits per heavy atom. The van der Waals surface area contributed by atoms with E-state index < -0.39 is 0 Å². The van der Waals surface area contributed by atoms with Crippen molar-refractivity contribution in [2.75, 3.05) is 0 Å². The number of hydrogen-bond donors (Lipinski definition) is 1. The van der Waals surface area contributed by atoms with Crippen molar-refractivity contribution in [2.24, 2.45) is 23.0 Å². The second-order valence-electron chi connectivity index (χ2n) is 4.54. The molecule has 2 atom stereocenters. The van der Waals surface area contributed by atoms with Gasteiger partial charge in [0.25, 0.3) is 0 Å². The van der Waals surface area contributed by atoms with Crippen molar-refractivity contribution in [2.45, 2.75) is 38.1 Å². The van der Waals surface area contributed by atoms with Gasteiger partial charge in [0.1, 0.15) is 0 Å². The van der Waals surface area contributed by atoms with Crippen LogP contribution < -0.4 is 5.73 Å². The quantitative estimate of drug-likeness (QED) is 0.538. The molecule has 0 aromatic rings. The van der Waals surface area contributed by atoms with Gasteiger partial charge in [-0.3, -0.25) is 0 Å². The molecule has 0 saturated heterocycles. The maximum Gasteiger partial charge on any atom is 0.0133 e. The van der Waals surface area contributed by atoms with Gasteiger partial charge in [-0.25, -0.2) is 0 Å². The smallest absolute Gasteiger partial charge is 0.0133 e. The van der Waals surface area contributed by atoms with E-state index in [1.165, 1.54) is 32.1 Å². The topological polar surface area (TPSA) is 26.0 Å². The molecule has 0 amide bonds. The Hall–Kier alpha value is -0.0400. The fraction of sp³-hybridized carbons (Fsp3) is 1.00. The third-order valence-corrected chi connectivity index (χ3v) is 4.35. The highest BCUT2D eigenvalue weighted by molar-refractivity contribution is 5.19. The maximum atomic E-state index is 6.04. The number of nitrogens with two attached hydrogens (primary N) is 1. The van der Waals surface area contributed by atoms with E-state index in [9.17, 15) is 0 Å². The van der Waals surface area contributed by atoms with Crippen molar-refractivity contribution in [3.05, 3.63) is 0 Å². The molecule has 1 heteroatoms. The van der Waals surface area contributed by atoms with Crippen LogP contribution in [0.2, 0.25) is 0 Å². The molecule has 56 valence electrons. The summed E-state index contributed by atoms with van der Waals surface area (Å²) in [6.45, 7) is 0. The largest absolute Gasteiger partial charge is 0.327 e. The van der Waals surface area contributed by atoms with Crippen molar-refractivity contribution >= 4 is 0 Å². The minimum absolute atomic E-state index is 0.611. The molecule has 4 aliphatic rings. The zero-order valence-electron chi connectivity index (χ0n) is 6.34. The number of rotatable bonds is 0. The molecule has 0 aliphatic heterocycles. The minimum atomic E-state index is 0.611. The molecule has 0 aromatic carbocycles. The van der Waals surface area contributed by atoms with Crippen molar-refractivity contribution in [1.82, 2.24) is 0 Å². The third-order valence-electron chi connectivity index (χ3n) is 4.35. The van der Waals surface area contributed by atoms with Gasteiger partial charge in [0.15, 0.2) is 0 Å². The molecule has 1 nitrogen and oxygen atoms in total. The van der Waals surface area contributed by atoms with Crippen LogP contribution in [-0.2, 0) is 0 Å². The molecular weight excluding hydrogens is 122 g/mol. The molecular formula is C9H15N. The summed E-state index contributed by atoms with van der Waals surface area (Å²) in [5, 5.41) is 0. The molecule has 4 saturated carbocycles. The fourth-order valence-corrected chi connectivity index (χ4v) is 3.51. The summed E-state index contributed by atoms with van der Waals surface area (Å²) in [5.41, 5.74) is 6.73. The maximum absolute atomic E-state index is 6.04. The number of hydrogen-bond acceptors (Lipinski definition) is 1. The van der Waals surface area contributed by atoms with Gasteiger partial charge in [0, 0.05) is 6.04 Å². The predicted octanol–water partition coefficient (Wildman–Crippen LogP) is 1.52. The molecule has 0 heterocycles. The number of fused-ring (bicyclic) bond motifs is 2. The van der Waals surface area contributed by atoms with E-state index in [0.29, 0.717) is 11.5 Å². The second kappa shape index (κ2) is 1.42. The summed E-state index contributed by atoms with van der Waals surface area (Å²) in [6, 6.07) is 0.611. The van der Waals surface area contributed by atoms with Gasteiger partial charge in [-0.1, -0.05) is 0 Å². The Morgan fingerprint density at radius 1 is 1.20 bits per heavy atom. The van der Waals surface area contributed by atoms with Crippen LogP contribution in [0.25, 0.3) is 0 Å². The molecule has 2 N–H and O–H groups in total. The predicted molar refractivity (Wildman–Crippen MR) is 40.5 cm³/mol. The lowest BCUT2D eigenvalue weighted by molar-refractivity contribution is 0.161. The van der Waals surface area contributed by atoms with Gasteiger partial charge < -0.3 is 5.73 Å². The van der Waals surface area contributed by atoms with E-state index in [2.05, 4.69) is 0 Å². The first-order valence-corrected chi connectivity index (χ1v) is 4.58. The fourth-order valence-electron chi connectivity index (χ4n) is 3.51. The van der Waals surface area contributed by atoms with Crippen LogP contribution in [0, 0.1) is 17.3 Å². The molecule has 4 aliphatic carbocycles. The molecule has 4 fully saturated rings. The first-order chi connectivity index (χ1) is 4.83. The van der Waals surface area contributed by atoms with Crippen LogP contribution in [0.15, 0.2) is 0 Å². The van der Waals surface area contributed by atoms with Crippen LogP contribution >= 0.6 is 0 Å². The molecule has 0 radical (unpaired) electrons. The highest BCUT2D eigenvalue weighted by atomic mass is 14.9. The van der Waals surface area contributed by atoms with Gasteiger partial charge in [0.05, 0.1) is 0 Å². The van der Waals surface area contributed by atoms with Crippen molar-refractivity contribution < 1.29 is 0 Å². The Labute approximate surface area is 62.0 Å². The van der Waals surface area contributed by atoms with Crippen molar-refractivity contribution in [3.63, 3.8) is 0 Å². The molecule has 4 rings (SSSR count). The van der Waals surface area contributed by atoms with E-state index in [4.69, 9.17) is 5.73 Å². The van der Waals surface area contributed by atoms with Crippen LogP contribution in [0.4, 0.5) is 0 Å². The van der Waals surface area contributed by atoms with Gasteiger partial charge in [-0.2, -0.15) is 0 Å². The Bertz CT molecular complexity index is 168. The Kier molecular flexibility index (Phi) is 0.797. The lowest BCUT2D eigenvalue weighted by Crippen LogP contribution is -2.25. The standard InChI is InChI=1S/C9H15N/c10-8-7-5-6-1-3-9(7,8)4-2-6/h6-8H,1-5,10H2. The molecule has 2 unspecified atom stereocenters. The molecule has 10 heavy (non-hydrogen) atoms. The van der Waals surface area contributed by atoms with Crippen LogP contribution in [0.5, 0.6) is 0 Å². The zero-order valence-corrected chi connectivity index (χ0v) is 6.34. The summed E-state index contributed by atoms with van der Waals surface area (Å²) in [7, 11) is 0. The third kappa shape index (κ3) is 0.430. The molecule has 0 aromatic heterocycles. The summed E-state index contributed by atoms with van der Waals surface area (Å²) in [5.74, 6) is 2.03. The van der Waals surface area contributed by atoms with Gasteiger partial charge in [0.2, 0.25) is 0 Å². The van der Waals surface area contributed by atoms with Gasteiger partial charge in [-0.15, -0.1) is 0 Å². The lowest BCUT2D eigenvalue weighted by Gasteiger charge is -2.35. The minimum Gasteiger partial charge on any atom is -0.327 e. The monoisotopic (exact) mass is 137 g/mol. The Balaban J connectivity index is 1.96. The first kappa shape index (κ1) is 5.59. The van der Waals surface area contributed by atoms with E-state index in [1.54, 1.807) is 0 Å². The van der Waals surface area contributed by atoms with Gasteiger partial charge in [-0.05, 0) is 49.4 Å². The van der Waals surface area contributed by atoms with Crippen LogP contribution in [0.1, 0.15) is 32.1 Å². The summed E-state index contributed by atoms with van der Waals surface area (Å²) >= 11 is 0. The normalized spacial score (nSPS) is 63.9. The molecule has 2 bridgehead atoms. The van der Waals surface area contributed by atoms with E-state index in [1.807, 2.05) is 0 Å². The highest BCUT2D eigenvalue weighted by Gasteiger charge is 2.66. The summed E-state index contributed by atoms with van der Waals surface area (Å²) < 4.78 is 0. The average Bonchev–Trinajstić information content (AvgIpc) is 2.60. The first-order valence-electron chi connectivity index (χ1n) is 4.58. The Morgan fingerprint density at radius 3 is 2.30 bits per heavy atom. The summed E-state index contributed by atoms with van der Waals surface area (Å²) in [4.78, 5) is 0. The molecule has 1 spiro atoms. The lowest BCUT2D eigenvalue weighted by atomic mass is 9.70. The van der Waals surface area contributed by atoms with Crippen molar-refractivity contribution in [3.8, 4) is 0 Å². The highest BCUT2D eigenvalue weighted by Crippen LogP contribution is 2.68. The average molecular weight is 137 g/mol. The van der Waals surface area contributed by atoms with Crippen LogP contribution in [0.3, 0.4) is 0 Å². The second-order valence-corrected chi connectivity index (χ2v) is 4.54.